The van der Waals surface area contributed by atoms with Crippen molar-refractivity contribution in [3.8, 4) is 5.75 Å². The van der Waals surface area contributed by atoms with Crippen LogP contribution in [-0.2, 0) is 9.59 Å². The Morgan fingerprint density at radius 1 is 1.29 bits per heavy atom. The first-order chi connectivity index (χ1) is 11.5. The van der Waals surface area contributed by atoms with E-state index in [1.54, 1.807) is 37.3 Å². The highest BCUT2D eigenvalue weighted by Gasteiger charge is 2.23. The van der Waals surface area contributed by atoms with Gasteiger partial charge in [-0.2, -0.15) is 0 Å². The quantitative estimate of drug-likeness (QED) is 0.835. The van der Waals surface area contributed by atoms with Crippen molar-refractivity contribution >= 4 is 40.9 Å². The van der Waals surface area contributed by atoms with Gasteiger partial charge in [-0.15, -0.1) is 0 Å². The van der Waals surface area contributed by atoms with Crippen molar-refractivity contribution in [2.45, 2.75) is 13.0 Å². The minimum atomic E-state index is -0.531. The molecule has 6 heteroatoms. The van der Waals surface area contributed by atoms with Gasteiger partial charge in [0.15, 0.2) is 6.10 Å². The topological polar surface area (TPSA) is 67.4 Å². The van der Waals surface area contributed by atoms with E-state index in [9.17, 15) is 9.59 Å². The number of nitrogens with one attached hydrogen (secondary N) is 2. The second-order valence-corrected chi connectivity index (χ2v) is 5.71. The van der Waals surface area contributed by atoms with Crippen LogP contribution in [0.1, 0.15) is 12.5 Å². The predicted octanol–water partition coefficient (Wildman–Crippen LogP) is 3.71. The highest BCUT2D eigenvalue weighted by molar-refractivity contribution is 6.32. The summed E-state index contributed by atoms with van der Waals surface area (Å²) in [6, 6.07) is 12.3. The third-order valence-electron chi connectivity index (χ3n) is 3.50. The molecule has 3 rings (SSSR count). The van der Waals surface area contributed by atoms with Gasteiger partial charge in [-0.3, -0.25) is 9.59 Å². The first-order valence-corrected chi connectivity index (χ1v) is 7.76. The van der Waals surface area contributed by atoms with Crippen molar-refractivity contribution in [3.63, 3.8) is 0 Å². The van der Waals surface area contributed by atoms with Crippen LogP contribution in [0.3, 0.4) is 0 Å². The molecule has 2 aromatic rings. The van der Waals surface area contributed by atoms with Crippen molar-refractivity contribution in [1.82, 2.24) is 0 Å². The van der Waals surface area contributed by atoms with Crippen LogP contribution in [0.4, 0.5) is 11.4 Å². The van der Waals surface area contributed by atoms with Crippen LogP contribution in [0.5, 0.6) is 5.75 Å². The lowest BCUT2D eigenvalue weighted by atomic mass is 10.2. The highest BCUT2D eigenvalue weighted by atomic mass is 35.5. The summed E-state index contributed by atoms with van der Waals surface area (Å²) in [5.74, 6) is 0.0580. The van der Waals surface area contributed by atoms with Gasteiger partial charge in [-0.1, -0.05) is 29.8 Å². The van der Waals surface area contributed by atoms with Gasteiger partial charge in [0.05, 0.1) is 5.69 Å². The van der Waals surface area contributed by atoms with E-state index in [0.29, 0.717) is 22.1 Å². The first-order valence-electron chi connectivity index (χ1n) is 7.38. The summed E-state index contributed by atoms with van der Waals surface area (Å²) < 4.78 is 5.47. The molecule has 2 N–H and O–H groups in total. The molecule has 0 aromatic heterocycles. The monoisotopic (exact) mass is 342 g/mol. The molecule has 1 unspecified atom stereocenters. The Kier molecular flexibility index (Phi) is 4.53. The molecule has 1 heterocycles. The van der Waals surface area contributed by atoms with E-state index in [-0.39, 0.29) is 11.8 Å². The van der Waals surface area contributed by atoms with Crippen molar-refractivity contribution in [2.24, 2.45) is 0 Å². The van der Waals surface area contributed by atoms with E-state index in [2.05, 4.69) is 10.6 Å². The molecule has 5 nitrogen and oxygen atoms in total. The number of amides is 2. The van der Waals surface area contributed by atoms with Gasteiger partial charge in [-0.25, -0.2) is 0 Å². The summed E-state index contributed by atoms with van der Waals surface area (Å²) in [6.45, 7) is 1.67. The van der Waals surface area contributed by atoms with Crippen LogP contribution in [0.2, 0.25) is 5.02 Å². The summed E-state index contributed by atoms with van der Waals surface area (Å²) in [4.78, 5) is 23.7. The van der Waals surface area contributed by atoms with Crippen LogP contribution in [0, 0.1) is 0 Å². The lowest BCUT2D eigenvalue weighted by molar-refractivity contribution is -0.122. The molecule has 0 bridgehead atoms. The average Bonchev–Trinajstić information content (AvgIpc) is 2.55. The normalized spacial score (nSPS) is 16.2. The van der Waals surface area contributed by atoms with Gasteiger partial charge in [0.1, 0.15) is 5.75 Å². The number of carbonyl (C=O) groups excluding carboxylic acids is 2. The summed E-state index contributed by atoms with van der Waals surface area (Å²) in [5.41, 5.74) is 1.85. The molecular weight excluding hydrogens is 328 g/mol. The molecule has 1 aliphatic heterocycles. The van der Waals surface area contributed by atoms with Crippen LogP contribution < -0.4 is 15.4 Å². The molecule has 0 saturated carbocycles. The van der Waals surface area contributed by atoms with Gasteiger partial charge >= 0.3 is 0 Å². The van der Waals surface area contributed by atoms with E-state index in [4.69, 9.17) is 16.3 Å². The summed E-state index contributed by atoms with van der Waals surface area (Å²) >= 11 is 6.04. The molecular formula is C18H15ClN2O3. The summed E-state index contributed by atoms with van der Waals surface area (Å²) in [5, 5.41) is 6.04. The predicted molar refractivity (Wildman–Crippen MR) is 94.3 cm³/mol. The fraction of sp³-hybridized carbons (Fsp3) is 0.111. The van der Waals surface area contributed by atoms with E-state index >= 15 is 0 Å². The molecule has 2 amide bonds. The molecule has 1 atom stereocenters. The fourth-order valence-corrected chi connectivity index (χ4v) is 2.44. The molecule has 0 fully saturated rings. The van der Waals surface area contributed by atoms with Crippen LogP contribution >= 0.6 is 11.6 Å². The number of benzene rings is 2. The minimum Gasteiger partial charge on any atom is -0.479 e. The fourth-order valence-electron chi connectivity index (χ4n) is 2.25. The van der Waals surface area contributed by atoms with Crippen molar-refractivity contribution in [3.05, 3.63) is 59.1 Å². The number of hydrogen-bond donors (Lipinski definition) is 2. The average molecular weight is 343 g/mol. The largest absolute Gasteiger partial charge is 0.479 e. The second-order valence-electron chi connectivity index (χ2n) is 5.30. The maximum atomic E-state index is 12.0. The summed E-state index contributed by atoms with van der Waals surface area (Å²) in [6.07, 6.45) is 2.51. The smallest absolute Gasteiger partial charge is 0.265 e. The zero-order valence-electron chi connectivity index (χ0n) is 12.9. The van der Waals surface area contributed by atoms with E-state index in [1.165, 1.54) is 6.08 Å². The zero-order valence-corrected chi connectivity index (χ0v) is 13.6. The Hall–Kier alpha value is -2.79. The Morgan fingerprint density at radius 2 is 2.08 bits per heavy atom. The molecule has 1 aliphatic rings. The van der Waals surface area contributed by atoms with E-state index < -0.39 is 6.10 Å². The summed E-state index contributed by atoms with van der Waals surface area (Å²) in [7, 11) is 0. The van der Waals surface area contributed by atoms with Crippen molar-refractivity contribution in [1.29, 1.82) is 0 Å². The molecule has 0 saturated heterocycles. The van der Waals surface area contributed by atoms with E-state index in [1.807, 2.05) is 18.2 Å². The van der Waals surface area contributed by atoms with Gasteiger partial charge in [0, 0.05) is 16.8 Å². The maximum Gasteiger partial charge on any atom is 0.265 e. The number of rotatable bonds is 3. The minimum absolute atomic E-state index is 0.218. The zero-order chi connectivity index (χ0) is 17.1. The molecule has 24 heavy (non-hydrogen) atoms. The number of hydrogen-bond acceptors (Lipinski definition) is 3. The number of halogens is 1. The van der Waals surface area contributed by atoms with Gasteiger partial charge in [-0.05, 0) is 42.8 Å². The van der Waals surface area contributed by atoms with Crippen LogP contribution in [0.25, 0.3) is 6.08 Å². The number of anilines is 2. The number of carbonyl (C=O) groups is 2. The highest BCUT2D eigenvalue weighted by Crippen LogP contribution is 2.32. The third-order valence-corrected chi connectivity index (χ3v) is 3.84. The number of fused-ring (bicyclic) bond motifs is 1. The third kappa shape index (κ3) is 3.58. The van der Waals surface area contributed by atoms with Crippen LogP contribution in [0.15, 0.2) is 48.5 Å². The Morgan fingerprint density at radius 3 is 2.88 bits per heavy atom. The van der Waals surface area contributed by atoms with Gasteiger partial charge in [0.25, 0.3) is 5.91 Å². The van der Waals surface area contributed by atoms with Gasteiger partial charge < -0.3 is 15.4 Å². The van der Waals surface area contributed by atoms with E-state index in [0.717, 1.165) is 5.56 Å². The molecule has 122 valence electrons. The second kappa shape index (κ2) is 6.76. The first kappa shape index (κ1) is 16.1. The molecule has 0 spiro atoms. The number of ether oxygens (including phenoxy) is 1. The molecule has 0 aliphatic carbocycles. The van der Waals surface area contributed by atoms with Crippen molar-refractivity contribution < 1.29 is 14.3 Å². The lowest BCUT2D eigenvalue weighted by Gasteiger charge is -2.23. The standard InChI is InChI=1S/C18H15ClN2O3/c1-11-18(23)21-15-10-13(7-8-16(15)24-11)20-17(22)9-6-12-4-2-3-5-14(12)19/h2-11H,1H3,(H,20,22)(H,21,23). The molecule has 2 aromatic carbocycles. The molecule has 0 radical (unpaired) electrons. The maximum absolute atomic E-state index is 12.0. The van der Waals surface area contributed by atoms with Crippen molar-refractivity contribution in [2.75, 3.05) is 10.6 Å². The Bertz CT molecular complexity index is 833. The van der Waals surface area contributed by atoms with Crippen LogP contribution in [-0.4, -0.2) is 17.9 Å². The van der Waals surface area contributed by atoms with Gasteiger partial charge in [0.2, 0.25) is 5.91 Å². The Labute approximate surface area is 144 Å². The lowest BCUT2D eigenvalue weighted by Crippen LogP contribution is -2.34. The Balaban J connectivity index is 1.70. The SMILES string of the molecule is CC1Oc2ccc(NC(=O)C=Cc3ccccc3Cl)cc2NC1=O.